The van der Waals surface area contributed by atoms with Crippen LogP contribution in [0, 0.1) is 6.92 Å². The Kier molecular flexibility index (Phi) is 6.82. The summed E-state index contributed by atoms with van der Waals surface area (Å²) in [5, 5.41) is 2.63. The highest BCUT2D eigenvalue weighted by Crippen LogP contribution is 2.35. The van der Waals surface area contributed by atoms with Crippen molar-refractivity contribution in [3.05, 3.63) is 30.0 Å². The smallest absolute Gasteiger partial charge is 0.444 e. The Balaban J connectivity index is 2.02. The Bertz CT molecular complexity index is 946. The van der Waals surface area contributed by atoms with Crippen molar-refractivity contribution >= 4 is 32.7 Å². The summed E-state index contributed by atoms with van der Waals surface area (Å²) in [4.78, 5) is 15.7. The normalized spacial score (nSPS) is 11.9. The first kappa shape index (κ1) is 21.9. The van der Waals surface area contributed by atoms with Gasteiger partial charge in [-0.2, -0.15) is 13.1 Å². The lowest BCUT2D eigenvalue weighted by Crippen LogP contribution is -2.27. The maximum atomic E-state index is 12.3. The van der Waals surface area contributed by atoms with Gasteiger partial charge in [0.05, 0.1) is 5.69 Å². The summed E-state index contributed by atoms with van der Waals surface area (Å²) in [7, 11) is -2.89. The second kappa shape index (κ2) is 8.72. The van der Waals surface area contributed by atoms with E-state index in [4.69, 9.17) is 4.74 Å². The van der Waals surface area contributed by atoms with Gasteiger partial charge < -0.3 is 9.47 Å². The molecule has 28 heavy (non-hydrogen) atoms. The molecule has 0 bridgehead atoms. The van der Waals surface area contributed by atoms with Gasteiger partial charge in [0.1, 0.15) is 18.1 Å². The summed E-state index contributed by atoms with van der Waals surface area (Å²) >= 11 is 0.892. The van der Waals surface area contributed by atoms with E-state index < -0.39 is 34.9 Å². The number of aryl methyl sites for hydroxylation is 1. The molecule has 0 atom stereocenters. The fourth-order valence-electron chi connectivity index (χ4n) is 1.72. The Morgan fingerprint density at radius 2 is 1.96 bits per heavy atom. The average Bonchev–Trinajstić information content (AvgIpc) is 2.91. The zero-order chi connectivity index (χ0) is 20.9. The van der Waals surface area contributed by atoms with Crippen LogP contribution >= 0.6 is 11.3 Å². The second-order valence-corrected chi connectivity index (χ2v) is 7.50. The number of rotatable bonds is 8. The number of aromatic nitrogens is 1. The number of carbonyl (C=O) groups excluding carboxylic acids is 1. The molecular formula is C14H14F3N3O6S2. The van der Waals surface area contributed by atoms with E-state index in [1.807, 2.05) is 4.72 Å². The fourth-order valence-corrected chi connectivity index (χ4v) is 2.95. The van der Waals surface area contributed by atoms with E-state index in [1.54, 1.807) is 6.92 Å². The fraction of sp³-hybridized carbons (Fsp3) is 0.286. The lowest BCUT2D eigenvalue weighted by molar-refractivity contribution is -0.274. The van der Waals surface area contributed by atoms with Crippen molar-refractivity contribution in [2.24, 2.45) is 0 Å². The van der Waals surface area contributed by atoms with Gasteiger partial charge in [0.2, 0.25) is 5.06 Å². The molecule has 14 heteroatoms. The quantitative estimate of drug-likeness (QED) is 0.647. The number of anilines is 1. The first-order valence-corrected chi connectivity index (χ1v) is 9.59. The summed E-state index contributed by atoms with van der Waals surface area (Å²) in [5.41, 5.74) is 0.353. The average molecular weight is 441 g/mol. The predicted molar refractivity (Wildman–Crippen MR) is 92.6 cm³/mol. The molecule has 0 unspecified atom stereocenters. The first-order valence-electron chi connectivity index (χ1n) is 7.36. The molecule has 0 radical (unpaired) electrons. The van der Waals surface area contributed by atoms with Gasteiger partial charge in [-0.3, -0.25) is 10.1 Å². The molecule has 1 aromatic heterocycles. The molecule has 2 rings (SSSR count). The Morgan fingerprint density at radius 1 is 1.29 bits per heavy atom. The maximum absolute atomic E-state index is 12.3. The third-order valence-electron chi connectivity index (χ3n) is 2.85. The van der Waals surface area contributed by atoms with Crippen LogP contribution in [0.25, 0.3) is 0 Å². The molecule has 2 N–H and O–H groups in total. The lowest BCUT2D eigenvalue weighted by Gasteiger charge is -2.10. The standard InChI is InChI=1S/C14H14F3N3O6S2/c1-8-12(25-9-4-3-5-10(6-9)26-14(15,16)17)27-13(19-8)20-11(21)7-24-28(22,23)18-2/h3-6,18H,7H2,1-2H3,(H,19,20,21). The number of nitrogens with zero attached hydrogens (tertiary/aromatic N) is 1. The summed E-state index contributed by atoms with van der Waals surface area (Å²) in [5.74, 6) is -1.17. The van der Waals surface area contributed by atoms with E-state index in [0.29, 0.717) is 5.69 Å². The molecule has 1 aromatic carbocycles. The SMILES string of the molecule is CNS(=O)(=O)OCC(=O)Nc1nc(C)c(Oc2cccc(OC(F)(F)F)c2)s1. The van der Waals surface area contributed by atoms with Gasteiger partial charge in [-0.05, 0) is 19.1 Å². The molecule has 0 aliphatic rings. The van der Waals surface area contributed by atoms with Crippen LogP contribution in [0.4, 0.5) is 18.3 Å². The van der Waals surface area contributed by atoms with E-state index in [1.165, 1.54) is 12.1 Å². The van der Waals surface area contributed by atoms with Crippen molar-refractivity contribution in [1.82, 2.24) is 9.71 Å². The van der Waals surface area contributed by atoms with Crippen LogP contribution < -0.4 is 19.5 Å². The number of thiazole rings is 1. The minimum absolute atomic E-state index is 0.0647. The summed E-state index contributed by atoms with van der Waals surface area (Å²) < 4.78 is 74.6. The molecular weight excluding hydrogens is 427 g/mol. The Labute approximate surface area is 161 Å². The number of hydrogen-bond donors (Lipinski definition) is 2. The minimum Gasteiger partial charge on any atom is -0.444 e. The highest BCUT2D eigenvalue weighted by molar-refractivity contribution is 7.84. The largest absolute Gasteiger partial charge is 0.573 e. The number of ether oxygens (including phenoxy) is 2. The van der Waals surface area contributed by atoms with E-state index in [2.05, 4.69) is 19.2 Å². The number of hydrogen-bond acceptors (Lipinski definition) is 8. The molecule has 0 saturated heterocycles. The van der Waals surface area contributed by atoms with Gasteiger partial charge in [0.15, 0.2) is 5.13 Å². The number of halogens is 3. The topological polar surface area (TPSA) is 116 Å². The first-order chi connectivity index (χ1) is 13.0. The van der Waals surface area contributed by atoms with Crippen molar-refractivity contribution in [3.8, 4) is 16.6 Å². The van der Waals surface area contributed by atoms with Crippen LogP contribution in [0.3, 0.4) is 0 Å². The van der Waals surface area contributed by atoms with Crippen LogP contribution in [-0.4, -0.2) is 39.3 Å². The van der Waals surface area contributed by atoms with Crippen LogP contribution in [-0.2, 0) is 19.3 Å². The monoisotopic (exact) mass is 441 g/mol. The predicted octanol–water partition coefficient (Wildman–Crippen LogP) is 2.56. The second-order valence-electron chi connectivity index (χ2n) is 4.99. The number of alkyl halides is 3. The van der Waals surface area contributed by atoms with Gasteiger partial charge in [0.25, 0.3) is 5.91 Å². The molecule has 0 aliphatic heterocycles. The molecule has 0 spiro atoms. The van der Waals surface area contributed by atoms with Crippen molar-refractivity contribution in [3.63, 3.8) is 0 Å². The zero-order valence-corrected chi connectivity index (χ0v) is 16.0. The van der Waals surface area contributed by atoms with E-state index >= 15 is 0 Å². The highest BCUT2D eigenvalue weighted by atomic mass is 32.2. The lowest BCUT2D eigenvalue weighted by atomic mass is 10.3. The molecule has 2 aromatic rings. The zero-order valence-electron chi connectivity index (χ0n) is 14.4. The molecule has 0 aliphatic carbocycles. The van der Waals surface area contributed by atoms with Crippen LogP contribution in [0.5, 0.6) is 16.6 Å². The van der Waals surface area contributed by atoms with E-state index in [9.17, 15) is 26.4 Å². The van der Waals surface area contributed by atoms with Crippen LogP contribution in [0.15, 0.2) is 24.3 Å². The van der Waals surface area contributed by atoms with Crippen molar-refractivity contribution in [2.45, 2.75) is 13.3 Å². The summed E-state index contributed by atoms with van der Waals surface area (Å²) in [6.45, 7) is 0.786. The number of amides is 1. The number of benzene rings is 1. The molecule has 0 saturated carbocycles. The molecule has 154 valence electrons. The summed E-state index contributed by atoms with van der Waals surface area (Å²) in [6.07, 6.45) is -4.83. The number of carbonyl (C=O) groups is 1. The van der Waals surface area contributed by atoms with Gasteiger partial charge in [0, 0.05) is 13.1 Å². The van der Waals surface area contributed by atoms with Gasteiger partial charge in [-0.15, -0.1) is 13.2 Å². The van der Waals surface area contributed by atoms with Gasteiger partial charge in [-0.1, -0.05) is 17.4 Å². The highest BCUT2D eigenvalue weighted by Gasteiger charge is 2.31. The van der Waals surface area contributed by atoms with Crippen molar-refractivity contribution in [1.29, 1.82) is 0 Å². The summed E-state index contributed by atoms with van der Waals surface area (Å²) in [6, 6.07) is 4.89. The van der Waals surface area contributed by atoms with Crippen LogP contribution in [0.1, 0.15) is 5.69 Å². The van der Waals surface area contributed by atoms with Crippen molar-refractivity contribution in [2.75, 3.05) is 19.0 Å². The third kappa shape index (κ3) is 6.95. The molecule has 1 heterocycles. The minimum atomic E-state index is -4.83. The van der Waals surface area contributed by atoms with Gasteiger partial charge in [-0.25, -0.2) is 9.17 Å². The van der Waals surface area contributed by atoms with Gasteiger partial charge >= 0.3 is 16.7 Å². The third-order valence-corrected chi connectivity index (χ3v) is 4.72. The van der Waals surface area contributed by atoms with E-state index in [0.717, 1.165) is 30.5 Å². The maximum Gasteiger partial charge on any atom is 0.573 e. The molecule has 9 nitrogen and oxygen atoms in total. The molecule has 1 amide bonds. The Morgan fingerprint density at radius 3 is 2.61 bits per heavy atom. The van der Waals surface area contributed by atoms with Crippen LogP contribution in [0.2, 0.25) is 0 Å². The Hall–Kier alpha value is -2.42. The molecule has 0 fully saturated rings. The number of nitrogens with one attached hydrogen (secondary N) is 2. The van der Waals surface area contributed by atoms with Crippen molar-refractivity contribution < 1.29 is 40.0 Å². The van der Waals surface area contributed by atoms with E-state index in [-0.39, 0.29) is 15.9 Å².